The fourth-order valence-electron chi connectivity index (χ4n) is 3.48. The zero-order chi connectivity index (χ0) is 25.9. The van der Waals surface area contributed by atoms with Gasteiger partial charge in [0.05, 0.1) is 27.7 Å². The molecule has 1 atom stereocenters. The smallest absolute Gasteiger partial charge is 0.416 e. The number of nitrogens with zero attached hydrogens (tertiary/aromatic N) is 1. The number of carbonyl (C=O) groups is 1. The van der Waals surface area contributed by atoms with Gasteiger partial charge in [-0.15, -0.1) is 0 Å². The zero-order valence-corrected chi connectivity index (χ0v) is 20.1. The standard InChI is InChI=1S/C24H20ClF3N2O5S/c25-19-11-10-16(24(26,27)28)12-20(19)30(36(32,33)18-6-2-1-3-7-18)14-23(31)29-13-17-15-34-21-8-4-5-9-22(21)35-17/h1-12,17H,13-15H2,(H,29,31)/t17-/m0/s1. The highest BCUT2D eigenvalue weighted by molar-refractivity contribution is 7.92. The first-order chi connectivity index (χ1) is 17.1. The molecule has 1 heterocycles. The summed E-state index contributed by atoms with van der Waals surface area (Å²) in [7, 11) is -4.45. The number of benzene rings is 3. The Balaban J connectivity index is 1.58. The molecule has 0 saturated heterocycles. The van der Waals surface area contributed by atoms with E-state index in [2.05, 4.69) is 5.32 Å². The van der Waals surface area contributed by atoms with Gasteiger partial charge in [0.1, 0.15) is 19.3 Å². The van der Waals surface area contributed by atoms with Gasteiger partial charge in [0, 0.05) is 0 Å². The molecule has 1 aliphatic heterocycles. The summed E-state index contributed by atoms with van der Waals surface area (Å²) in [5, 5.41) is 2.29. The minimum absolute atomic E-state index is 0.0251. The van der Waals surface area contributed by atoms with Gasteiger partial charge in [-0.2, -0.15) is 13.2 Å². The first-order valence-corrected chi connectivity index (χ1v) is 12.5. The maximum absolute atomic E-state index is 13.4. The SMILES string of the molecule is O=C(CN(c1cc(C(F)(F)F)ccc1Cl)S(=O)(=O)c1ccccc1)NC[C@H]1COc2ccccc2O1. The zero-order valence-electron chi connectivity index (χ0n) is 18.5. The average Bonchev–Trinajstić information content (AvgIpc) is 2.86. The van der Waals surface area contributed by atoms with E-state index in [-0.39, 0.29) is 23.1 Å². The quantitative estimate of drug-likeness (QED) is 0.477. The van der Waals surface area contributed by atoms with Crippen LogP contribution in [0.15, 0.2) is 77.7 Å². The predicted octanol–water partition coefficient (Wildman–Crippen LogP) is 4.51. The van der Waals surface area contributed by atoms with Crippen LogP contribution in [-0.4, -0.2) is 40.1 Å². The highest BCUT2D eigenvalue weighted by atomic mass is 35.5. The Hall–Kier alpha value is -3.44. The molecule has 0 aromatic heterocycles. The van der Waals surface area contributed by atoms with Gasteiger partial charge in [0.2, 0.25) is 5.91 Å². The molecule has 7 nitrogen and oxygen atoms in total. The van der Waals surface area contributed by atoms with Crippen LogP contribution in [-0.2, 0) is 21.0 Å². The number of fused-ring (bicyclic) bond motifs is 1. The minimum Gasteiger partial charge on any atom is -0.486 e. The summed E-state index contributed by atoms with van der Waals surface area (Å²) in [6, 6.07) is 16.3. The van der Waals surface area contributed by atoms with Crippen molar-refractivity contribution in [3.05, 3.63) is 83.4 Å². The van der Waals surface area contributed by atoms with Crippen molar-refractivity contribution in [3.8, 4) is 11.5 Å². The summed E-state index contributed by atoms with van der Waals surface area (Å²) in [4.78, 5) is 12.6. The second-order valence-electron chi connectivity index (χ2n) is 7.79. The largest absolute Gasteiger partial charge is 0.486 e. The van der Waals surface area contributed by atoms with Crippen molar-refractivity contribution < 1.29 is 35.9 Å². The fourth-order valence-corrected chi connectivity index (χ4v) is 5.20. The molecular formula is C24H20ClF3N2O5S. The average molecular weight is 541 g/mol. The van der Waals surface area contributed by atoms with Crippen molar-refractivity contribution in [2.75, 3.05) is 24.0 Å². The van der Waals surface area contributed by atoms with E-state index in [9.17, 15) is 26.4 Å². The molecular weight excluding hydrogens is 521 g/mol. The number of hydrogen-bond donors (Lipinski definition) is 1. The van der Waals surface area contributed by atoms with E-state index in [1.54, 1.807) is 30.3 Å². The van der Waals surface area contributed by atoms with Gasteiger partial charge in [-0.3, -0.25) is 9.10 Å². The number of nitrogens with one attached hydrogen (secondary N) is 1. The third-order valence-electron chi connectivity index (χ3n) is 5.25. The number of amides is 1. The number of halogens is 4. The van der Waals surface area contributed by atoms with Gasteiger partial charge >= 0.3 is 6.18 Å². The minimum atomic E-state index is -4.75. The molecule has 4 rings (SSSR count). The lowest BCUT2D eigenvalue weighted by molar-refractivity contribution is -0.137. The van der Waals surface area contributed by atoms with Gasteiger partial charge in [-0.25, -0.2) is 8.42 Å². The molecule has 1 aliphatic rings. The Morgan fingerprint density at radius 3 is 2.39 bits per heavy atom. The summed E-state index contributed by atoms with van der Waals surface area (Å²) in [5.74, 6) is 0.275. The van der Waals surface area contributed by atoms with Gasteiger partial charge in [0.25, 0.3) is 10.0 Å². The summed E-state index contributed by atoms with van der Waals surface area (Å²) in [6.07, 6.45) is -5.31. The molecule has 36 heavy (non-hydrogen) atoms. The summed E-state index contributed by atoms with van der Waals surface area (Å²) < 4.78 is 78.8. The molecule has 3 aromatic rings. The van der Waals surface area contributed by atoms with E-state index < -0.39 is 46.0 Å². The normalized spacial score (nSPS) is 15.3. The van der Waals surface area contributed by atoms with Crippen LogP contribution >= 0.6 is 11.6 Å². The van der Waals surface area contributed by atoms with Crippen molar-refractivity contribution in [2.24, 2.45) is 0 Å². The molecule has 1 amide bonds. The summed E-state index contributed by atoms with van der Waals surface area (Å²) >= 11 is 6.12. The van der Waals surface area contributed by atoms with E-state index in [4.69, 9.17) is 21.1 Å². The van der Waals surface area contributed by atoms with Gasteiger partial charge in [0.15, 0.2) is 11.5 Å². The lowest BCUT2D eigenvalue weighted by Crippen LogP contribution is -2.45. The van der Waals surface area contributed by atoms with Gasteiger partial charge in [-0.05, 0) is 42.5 Å². The van der Waals surface area contributed by atoms with Gasteiger partial charge in [-0.1, -0.05) is 41.9 Å². The monoisotopic (exact) mass is 540 g/mol. The van der Waals surface area contributed by atoms with Crippen molar-refractivity contribution in [1.29, 1.82) is 0 Å². The van der Waals surface area contributed by atoms with Crippen LogP contribution in [0.4, 0.5) is 18.9 Å². The van der Waals surface area contributed by atoms with E-state index in [0.717, 1.165) is 12.1 Å². The van der Waals surface area contributed by atoms with E-state index in [1.165, 1.54) is 24.3 Å². The molecule has 3 aromatic carbocycles. The fraction of sp³-hybridized carbons (Fsp3) is 0.208. The highest BCUT2D eigenvalue weighted by Crippen LogP contribution is 2.37. The Labute approximate surface area is 210 Å². The molecule has 0 saturated carbocycles. The maximum atomic E-state index is 13.4. The lowest BCUT2D eigenvalue weighted by Gasteiger charge is -2.28. The topological polar surface area (TPSA) is 84.9 Å². The predicted molar refractivity (Wildman–Crippen MR) is 127 cm³/mol. The van der Waals surface area contributed by atoms with Crippen LogP contribution in [0, 0.1) is 0 Å². The maximum Gasteiger partial charge on any atom is 0.416 e. The number of sulfonamides is 1. The van der Waals surface area contributed by atoms with Crippen molar-refractivity contribution in [1.82, 2.24) is 5.32 Å². The summed E-state index contributed by atoms with van der Waals surface area (Å²) in [6.45, 7) is -0.700. The van der Waals surface area contributed by atoms with Crippen LogP contribution in [0.5, 0.6) is 11.5 Å². The third-order valence-corrected chi connectivity index (χ3v) is 7.35. The van der Waals surface area contributed by atoms with E-state index >= 15 is 0 Å². The molecule has 0 fully saturated rings. The first-order valence-electron chi connectivity index (χ1n) is 10.7. The van der Waals surface area contributed by atoms with Crippen molar-refractivity contribution >= 4 is 33.2 Å². The number of hydrogen-bond acceptors (Lipinski definition) is 5. The third kappa shape index (κ3) is 5.68. The molecule has 0 aliphatic carbocycles. The van der Waals surface area contributed by atoms with Crippen molar-refractivity contribution in [2.45, 2.75) is 17.2 Å². The molecule has 0 bridgehead atoms. The molecule has 0 spiro atoms. The number of rotatable bonds is 7. The van der Waals surface area contributed by atoms with Crippen molar-refractivity contribution in [3.63, 3.8) is 0 Å². The van der Waals surface area contributed by atoms with Crippen LogP contribution < -0.4 is 19.1 Å². The highest BCUT2D eigenvalue weighted by Gasteiger charge is 2.34. The van der Waals surface area contributed by atoms with Crippen LogP contribution in [0.1, 0.15) is 5.56 Å². The first kappa shape index (κ1) is 25.6. The number of ether oxygens (including phenoxy) is 2. The molecule has 190 valence electrons. The number of alkyl halides is 3. The van der Waals surface area contributed by atoms with E-state index in [1.807, 2.05) is 0 Å². The molecule has 0 radical (unpaired) electrons. The molecule has 1 N–H and O–H groups in total. The lowest BCUT2D eigenvalue weighted by atomic mass is 10.2. The number of para-hydroxylation sites is 2. The Morgan fingerprint density at radius 1 is 1.03 bits per heavy atom. The van der Waals surface area contributed by atoms with E-state index in [0.29, 0.717) is 21.9 Å². The Bertz CT molecular complexity index is 1350. The van der Waals surface area contributed by atoms with Gasteiger partial charge < -0.3 is 14.8 Å². The Kier molecular flexibility index (Phi) is 7.32. The second-order valence-corrected chi connectivity index (χ2v) is 10.1. The number of carbonyl (C=O) groups excluding carboxylic acids is 1. The van der Waals surface area contributed by atoms with Crippen LogP contribution in [0.25, 0.3) is 0 Å². The Morgan fingerprint density at radius 2 is 1.69 bits per heavy atom. The number of anilines is 1. The summed E-state index contributed by atoms with van der Waals surface area (Å²) in [5.41, 5.74) is -1.58. The van der Waals surface area contributed by atoms with Crippen LogP contribution in [0.3, 0.4) is 0 Å². The van der Waals surface area contributed by atoms with Crippen LogP contribution in [0.2, 0.25) is 5.02 Å². The second kappa shape index (κ2) is 10.3. The molecule has 12 heteroatoms. The molecule has 0 unspecified atom stereocenters.